The van der Waals surface area contributed by atoms with E-state index in [9.17, 15) is 8.78 Å². The number of hydrogen-bond acceptors (Lipinski definition) is 2. The fraction of sp³-hybridized carbons (Fsp3) is 0.273. The lowest BCUT2D eigenvalue weighted by molar-refractivity contribution is -0.0498. The third kappa shape index (κ3) is 4.08. The summed E-state index contributed by atoms with van der Waals surface area (Å²) in [7, 11) is 0. The highest BCUT2D eigenvalue weighted by Crippen LogP contribution is 2.16. The van der Waals surface area contributed by atoms with Gasteiger partial charge in [-0.25, -0.2) is 0 Å². The minimum Gasteiger partial charge on any atom is -0.435 e. The van der Waals surface area contributed by atoms with Crippen molar-refractivity contribution in [2.75, 3.05) is 6.61 Å². The largest absolute Gasteiger partial charge is 0.435 e. The molecule has 82 valence electrons. The summed E-state index contributed by atoms with van der Waals surface area (Å²) in [4.78, 5) is 0. The fourth-order valence-corrected chi connectivity index (χ4v) is 1.08. The summed E-state index contributed by atoms with van der Waals surface area (Å²) in [6, 6.07) is 6.22. The number of benzene rings is 1. The number of hydrogen-bond donors (Lipinski definition) is 1. The SMILES string of the molecule is CC(=Cc1ccc(OC(F)F)cc1)CO. The fourth-order valence-electron chi connectivity index (χ4n) is 1.08. The van der Waals surface area contributed by atoms with Gasteiger partial charge in [0.05, 0.1) is 6.61 Å². The maximum atomic E-state index is 11.8. The molecule has 0 aliphatic rings. The van der Waals surface area contributed by atoms with Crippen molar-refractivity contribution in [3.05, 3.63) is 35.4 Å². The molecule has 0 fully saturated rings. The zero-order valence-corrected chi connectivity index (χ0v) is 8.28. The van der Waals surface area contributed by atoms with E-state index < -0.39 is 6.61 Å². The van der Waals surface area contributed by atoms with Gasteiger partial charge in [-0.2, -0.15) is 8.78 Å². The Kier molecular flexibility index (Phi) is 4.24. The third-order valence-corrected chi connectivity index (χ3v) is 1.77. The number of ether oxygens (including phenoxy) is 1. The van der Waals surface area contributed by atoms with Crippen LogP contribution < -0.4 is 4.74 Å². The summed E-state index contributed by atoms with van der Waals surface area (Å²) in [5.41, 5.74) is 1.64. The lowest BCUT2D eigenvalue weighted by atomic mass is 10.1. The predicted octanol–water partition coefficient (Wildman–Crippen LogP) is 2.68. The molecule has 0 aliphatic carbocycles. The van der Waals surface area contributed by atoms with Gasteiger partial charge in [-0.05, 0) is 30.2 Å². The molecule has 15 heavy (non-hydrogen) atoms. The molecule has 0 spiro atoms. The Labute approximate surface area is 86.8 Å². The minimum absolute atomic E-state index is 0.0186. The van der Waals surface area contributed by atoms with Crippen LogP contribution in [0.2, 0.25) is 0 Å². The molecule has 1 rings (SSSR count). The topological polar surface area (TPSA) is 29.5 Å². The zero-order valence-electron chi connectivity index (χ0n) is 8.28. The van der Waals surface area contributed by atoms with Crippen molar-refractivity contribution in [1.82, 2.24) is 0 Å². The Hall–Kier alpha value is -1.42. The van der Waals surface area contributed by atoms with Crippen LogP contribution in [-0.2, 0) is 0 Å². The molecule has 0 radical (unpaired) electrons. The molecule has 0 bridgehead atoms. The van der Waals surface area contributed by atoms with Crippen molar-refractivity contribution >= 4 is 6.08 Å². The van der Waals surface area contributed by atoms with Crippen molar-refractivity contribution < 1.29 is 18.6 Å². The molecule has 0 aliphatic heterocycles. The van der Waals surface area contributed by atoms with Gasteiger partial charge in [0.1, 0.15) is 5.75 Å². The molecular formula is C11H12F2O2. The van der Waals surface area contributed by atoms with Crippen molar-refractivity contribution in [1.29, 1.82) is 0 Å². The minimum atomic E-state index is -2.80. The zero-order chi connectivity index (χ0) is 11.3. The first kappa shape index (κ1) is 11.7. The normalized spacial score (nSPS) is 11.9. The first-order valence-electron chi connectivity index (χ1n) is 4.44. The van der Waals surface area contributed by atoms with Gasteiger partial charge in [-0.1, -0.05) is 18.2 Å². The average Bonchev–Trinajstić information content (AvgIpc) is 2.20. The summed E-state index contributed by atoms with van der Waals surface area (Å²) in [5, 5.41) is 8.78. The quantitative estimate of drug-likeness (QED) is 0.834. The molecule has 0 atom stereocenters. The Balaban J connectivity index is 2.72. The van der Waals surface area contributed by atoms with Crippen LogP contribution in [0, 0.1) is 0 Å². The Morgan fingerprint density at radius 1 is 1.40 bits per heavy atom. The highest BCUT2D eigenvalue weighted by atomic mass is 19.3. The number of rotatable bonds is 4. The monoisotopic (exact) mass is 214 g/mol. The molecule has 0 aromatic heterocycles. The van der Waals surface area contributed by atoms with Gasteiger partial charge in [0.15, 0.2) is 0 Å². The van der Waals surface area contributed by atoms with Crippen LogP contribution in [0.3, 0.4) is 0 Å². The second-order valence-electron chi connectivity index (χ2n) is 3.10. The first-order valence-corrected chi connectivity index (χ1v) is 4.44. The Morgan fingerprint density at radius 2 is 2.00 bits per heavy atom. The number of halogens is 2. The van der Waals surface area contributed by atoms with E-state index in [-0.39, 0.29) is 12.4 Å². The van der Waals surface area contributed by atoms with Gasteiger partial charge in [0.2, 0.25) is 0 Å². The van der Waals surface area contributed by atoms with E-state index >= 15 is 0 Å². The predicted molar refractivity (Wildman–Crippen MR) is 53.8 cm³/mol. The van der Waals surface area contributed by atoms with Crippen molar-refractivity contribution in [2.24, 2.45) is 0 Å². The van der Waals surface area contributed by atoms with Gasteiger partial charge in [-0.15, -0.1) is 0 Å². The highest BCUT2D eigenvalue weighted by Gasteiger charge is 2.02. The van der Waals surface area contributed by atoms with E-state index in [0.29, 0.717) is 0 Å². The molecule has 1 aromatic rings. The molecule has 0 saturated heterocycles. The van der Waals surface area contributed by atoms with E-state index in [1.54, 1.807) is 25.1 Å². The summed E-state index contributed by atoms with van der Waals surface area (Å²) < 4.78 is 27.8. The lowest BCUT2D eigenvalue weighted by Crippen LogP contribution is -2.01. The maximum absolute atomic E-state index is 11.8. The van der Waals surface area contributed by atoms with Crippen LogP contribution in [0.25, 0.3) is 6.08 Å². The highest BCUT2D eigenvalue weighted by molar-refractivity contribution is 5.53. The van der Waals surface area contributed by atoms with Gasteiger partial charge in [-0.3, -0.25) is 0 Å². The average molecular weight is 214 g/mol. The molecule has 1 aromatic carbocycles. The summed E-state index contributed by atoms with van der Waals surface area (Å²) in [5.74, 6) is 0.129. The first-order chi connectivity index (χ1) is 7.11. The Morgan fingerprint density at radius 3 is 2.47 bits per heavy atom. The maximum Gasteiger partial charge on any atom is 0.387 e. The van der Waals surface area contributed by atoms with Crippen molar-refractivity contribution in [3.63, 3.8) is 0 Å². The van der Waals surface area contributed by atoms with E-state index in [0.717, 1.165) is 11.1 Å². The van der Waals surface area contributed by atoms with Crippen LogP contribution in [-0.4, -0.2) is 18.3 Å². The molecule has 4 heteroatoms. The second-order valence-corrected chi connectivity index (χ2v) is 3.10. The van der Waals surface area contributed by atoms with Crippen LogP contribution in [0.5, 0.6) is 5.75 Å². The summed E-state index contributed by atoms with van der Waals surface area (Å²) in [6.07, 6.45) is 1.77. The van der Waals surface area contributed by atoms with Crippen LogP contribution in [0.15, 0.2) is 29.8 Å². The van der Waals surface area contributed by atoms with Crippen LogP contribution in [0.1, 0.15) is 12.5 Å². The molecule has 0 heterocycles. The van der Waals surface area contributed by atoms with Gasteiger partial charge < -0.3 is 9.84 Å². The van der Waals surface area contributed by atoms with Gasteiger partial charge in [0, 0.05) is 0 Å². The van der Waals surface area contributed by atoms with E-state index in [4.69, 9.17) is 5.11 Å². The number of aliphatic hydroxyl groups is 1. The standard InChI is InChI=1S/C11H12F2O2/c1-8(7-14)6-9-2-4-10(5-3-9)15-11(12)13/h2-6,11,14H,7H2,1H3. The van der Waals surface area contributed by atoms with E-state index in [2.05, 4.69) is 4.74 Å². The van der Waals surface area contributed by atoms with Crippen molar-refractivity contribution in [2.45, 2.75) is 13.5 Å². The molecule has 0 amide bonds. The number of alkyl halides is 2. The summed E-state index contributed by atoms with van der Waals surface area (Å²) in [6.45, 7) is -1.04. The Bertz CT molecular complexity index is 331. The van der Waals surface area contributed by atoms with Crippen molar-refractivity contribution in [3.8, 4) is 5.75 Å². The smallest absolute Gasteiger partial charge is 0.387 e. The van der Waals surface area contributed by atoms with E-state index in [1.807, 2.05) is 0 Å². The second kappa shape index (κ2) is 5.46. The molecular weight excluding hydrogens is 202 g/mol. The number of aliphatic hydroxyl groups excluding tert-OH is 1. The van der Waals surface area contributed by atoms with Crippen LogP contribution >= 0.6 is 0 Å². The van der Waals surface area contributed by atoms with Crippen LogP contribution in [0.4, 0.5) is 8.78 Å². The summed E-state index contributed by atoms with van der Waals surface area (Å²) >= 11 is 0. The molecule has 1 N–H and O–H groups in total. The molecule has 2 nitrogen and oxygen atoms in total. The molecule has 0 unspecified atom stereocenters. The van der Waals surface area contributed by atoms with Gasteiger partial charge >= 0.3 is 6.61 Å². The lowest BCUT2D eigenvalue weighted by Gasteiger charge is -2.04. The third-order valence-electron chi connectivity index (χ3n) is 1.77. The molecule has 0 saturated carbocycles. The van der Waals surface area contributed by atoms with E-state index in [1.165, 1.54) is 12.1 Å². The van der Waals surface area contributed by atoms with Gasteiger partial charge in [0.25, 0.3) is 0 Å².